The second-order valence-corrected chi connectivity index (χ2v) is 6.38. The number of aromatic nitrogens is 1. The van der Waals surface area contributed by atoms with Crippen LogP contribution < -0.4 is 5.32 Å². The minimum absolute atomic E-state index is 0.556. The highest BCUT2D eigenvalue weighted by molar-refractivity contribution is 5.72. The van der Waals surface area contributed by atoms with E-state index in [2.05, 4.69) is 35.4 Å². The largest absolute Gasteiger partial charge is 0.388 e. The van der Waals surface area contributed by atoms with Crippen LogP contribution in [0.3, 0.4) is 0 Å². The third-order valence-corrected chi connectivity index (χ3v) is 4.90. The highest BCUT2D eigenvalue weighted by Gasteiger charge is 2.20. The van der Waals surface area contributed by atoms with E-state index in [1.807, 2.05) is 19.4 Å². The molecule has 1 heterocycles. The number of carbonyl (C=O) groups is 1. The van der Waals surface area contributed by atoms with Gasteiger partial charge in [0.1, 0.15) is 6.29 Å². The van der Waals surface area contributed by atoms with Crippen molar-refractivity contribution in [3.63, 3.8) is 0 Å². The third-order valence-electron chi connectivity index (χ3n) is 4.90. The second-order valence-electron chi connectivity index (χ2n) is 6.38. The molecule has 0 spiro atoms. The smallest absolute Gasteiger partial charge is 0.120 e. The van der Waals surface area contributed by atoms with Crippen LogP contribution in [0, 0.1) is 0 Å². The number of nitrogens with one attached hydrogen (secondary N) is 1. The molecule has 0 aliphatic heterocycles. The van der Waals surface area contributed by atoms with Gasteiger partial charge in [-0.3, -0.25) is 4.98 Å². The van der Waals surface area contributed by atoms with Crippen LogP contribution >= 0.6 is 0 Å². The number of anilines is 1. The summed E-state index contributed by atoms with van der Waals surface area (Å²) >= 11 is 0. The fourth-order valence-electron chi connectivity index (χ4n) is 3.62. The predicted octanol–water partition coefficient (Wildman–Crippen LogP) is 4.36. The fourth-order valence-corrected chi connectivity index (χ4v) is 3.62. The molecular weight excluding hydrogens is 284 g/mol. The predicted molar refractivity (Wildman–Crippen MR) is 95.0 cm³/mol. The Hall–Kier alpha value is -2.16. The third kappa shape index (κ3) is 3.14. The Morgan fingerprint density at radius 3 is 3.00 bits per heavy atom. The van der Waals surface area contributed by atoms with Crippen LogP contribution in [-0.4, -0.2) is 18.3 Å². The van der Waals surface area contributed by atoms with Crippen molar-refractivity contribution in [3.05, 3.63) is 47.3 Å². The van der Waals surface area contributed by atoms with Gasteiger partial charge in [-0.25, -0.2) is 0 Å². The number of benzene rings is 1. The van der Waals surface area contributed by atoms with Crippen LogP contribution in [0.4, 0.5) is 5.69 Å². The number of hydrogen-bond acceptors (Lipinski definition) is 3. The molecule has 1 unspecified atom stereocenters. The molecule has 1 aliphatic carbocycles. The zero-order chi connectivity index (χ0) is 16.2. The van der Waals surface area contributed by atoms with Crippen molar-refractivity contribution in [2.24, 2.45) is 0 Å². The molecule has 2 aromatic rings. The van der Waals surface area contributed by atoms with E-state index in [1.54, 1.807) is 0 Å². The zero-order valence-corrected chi connectivity index (χ0v) is 13.9. The van der Waals surface area contributed by atoms with E-state index >= 15 is 0 Å². The topological polar surface area (TPSA) is 42.0 Å². The van der Waals surface area contributed by atoms with Gasteiger partial charge in [0, 0.05) is 37.1 Å². The summed E-state index contributed by atoms with van der Waals surface area (Å²) in [5.74, 6) is 0.595. The normalized spacial score (nSPS) is 16.7. The summed E-state index contributed by atoms with van der Waals surface area (Å²) in [5.41, 5.74) is 7.62. The van der Waals surface area contributed by atoms with Gasteiger partial charge in [-0.05, 0) is 66.0 Å². The van der Waals surface area contributed by atoms with Gasteiger partial charge in [0.2, 0.25) is 0 Å². The molecular formula is C20H24N2O. The monoisotopic (exact) mass is 308 g/mol. The molecule has 0 saturated heterocycles. The van der Waals surface area contributed by atoms with E-state index in [4.69, 9.17) is 0 Å². The number of carbonyl (C=O) groups excluding carboxylic acids is 1. The average molecular weight is 308 g/mol. The molecule has 1 N–H and O–H groups in total. The molecule has 0 saturated carbocycles. The van der Waals surface area contributed by atoms with Gasteiger partial charge in [-0.1, -0.05) is 13.0 Å². The maximum absolute atomic E-state index is 10.7. The summed E-state index contributed by atoms with van der Waals surface area (Å²) in [6.45, 7) is 2.29. The van der Waals surface area contributed by atoms with E-state index in [0.717, 1.165) is 24.8 Å². The maximum Gasteiger partial charge on any atom is 0.120 e. The van der Waals surface area contributed by atoms with Gasteiger partial charge in [-0.2, -0.15) is 0 Å². The molecule has 1 aliphatic rings. The summed E-state index contributed by atoms with van der Waals surface area (Å²) in [7, 11) is 1.92. The molecule has 120 valence electrons. The standard InChI is InChI=1S/C20H24N2O/c1-14-5-3-7-17-18(14)12-22-13-19(17)15-8-9-20(21-2)16(11-15)6-4-10-23/h8-14,21H,3-7H2,1-2H3. The summed E-state index contributed by atoms with van der Waals surface area (Å²) in [5, 5.41) is 3.22. The first-order chi connectivity index (χ1) is 11.2. The van der Waals surface area contributed by atoms with Crippen molar-refractivity contribution in [3.8, 4) is 11.1 Å². The van der Waals surface area contributed by atoms with E-state index < -0.39 is 0 Å². The van der Waals surface area contributed by atoms with Crippen LogP contribution in [0.2, 0.25) is 0 Å². The number of hydrogen-bond donors (Lipinski definition) is 1. The van der Waals surface area contributed by atoms with E-state index in [0.29, 0.717) is 12.3 Å². The molecule has 1 aromatic heterocycles. The van der Waals surface area contributed by atoms with E-state index in [-0.39, 0.29) is 0 Å². The maximum atomic E-state index is 10.7. The van der Waals surface area contributed by atoms with Gasteiger partial charge in [0.25, 0.3) is 0 Å². The first-order valence-corrected chi connectivity index (χ1v) is 8.46. The van der Waals surface area contributed by atoms with Gasteiger partial charge < -0.3 is 10.1 Å². The van der Waals surface area contributed by atoms with Crippen molar-refractivity contribution in [1.82, 2.24) is 4.98 Å². The first-order valence-electron chi connectivity index (χ1n) is 8.46. The Morgan fingerprint density at radius 2 is 2.22 bits per heavy atom. The lowest BCUT2D eigenvalue weighted by atomic mass is 9.81. The summed E-state index contributed by atoms with van der Waals surface area (Å²) in [6, 6.07) is 6.49. The lowest BCUT2D eigenvalue weighted by Gasteiger charge is -2.24. The Morgan fingerprint density at radius 1 is 1.35 bits per heavy atom. The van der Waals surface area contributed by atoms with Crippen molar-refractivity contribution in [2.45, 2.75) is 44.9 Å². The minimum atomic E-state index is 0.556. The quantitative estimate of drug-likeness (QED) is 0.834. The Kier molecular flexibility index (Phi) is 4.75. The highest BCUT2D eigenvalue weighted by atomic mass is 16.1. The van der Waals surface area contributed by atoms with Gasteiger partial charge in [0.05, 0.1) is 0 Å². The molecule has 0 amide bonds. The highest BCUT2D eigenvalue weighted by Crippen LogP contribution is 2.37. The van der Waals surface area contributed by atoms with Crippen LogP contribution in [-0.2, 0) is 17.6 Å². The Balaban J connectivity index is 2.05. The van der Waals surface area contributed by atoms with Gasteiger partial charge >= 0.3 is 0 Å². The van der Waals surface area contributed by atoms with Crippen LogP contribution in [0.1, 0.15) is 48.8 Å². The Bertz CT molecular complexity index is 709. The van der Waals surface area contributed by atoms with E-state index in [9.17, 15) is 4.79 Å². The number of aldehydes is 1. The van der Waals surface area contributed by atoms with Crippen LogP contribution in [0.25, 0.3) is 11.1 Å². The average Bonchev–Trinajstić information content (AvgIpc) is 2.59. The summed E-state index contributed by atoms with van der Waals surface area (Å²) in [6.07, 6.45) is 9.98. The van der Waals surface area contributed by atoms with Gasteiger partial charge in [0.15, 0.2) is 0 Å². The fraction of sp³-hybridized carbons (Fsp3) is 0.400. The Labute approximate surface area is 138 Å². The van der Waals surface area contributed by atoms with Crippen LogP contribution in [0.15, 0.2) is 30.6 Å². The number of nitrogens with zero attached hydrogens (tertiary/aromatic N) is 1. The molecule has 0 fully saturated rings. The molecule has 3 rings (SSSR count). The van der Waals surface area contributed by atoms with Gasteiger partial charge in [-0.15, -0.1) is 0 Å². The summed E-state index contributed by atoms with van der Waals surface area (Å²) < 4.78 is 0. The van der Waals surface area contributed by atoms with E-state index in [1.165, 1.54) is 40.7 Å². The number of aryl methyl sites for hydroxylation is 1. The summed E-state index contributed by atoms with van der Waals surface area (Å²) in [4.78, 5) is 15.2. The number of rotatable bonds is 5. The van der Waals surface area contributed by atoms with Crippen molar-refractivity contribution in [1.29, 1.82) is 0 Å². The lowest BCUT2D eigenvalue weighted by molar-refractivity contribution is -0.107. The minimum Gasteiger partial charge on any atom is -0.388 e. The van der Waals surface area contributed by atoms with Crippen molar-refractivity contribution >= 4 is 12.0 Å². The number of fused-ring (bicyclic) bond motifs is 1. The van der Waals surface area contributed by atoms with Crippen LogP contribution in [0.5, 0.6) is 0 Å². The number of pyridine rings is 1. The lowest BCUT2D eigenvalue weighted by Crippen LogP contribution is -2.09. The molecule has 1 atom stereocenters. The molecule has 0 radical (unpaired) electrons. The molecule has 23 heavy (non-hydrogen) atoms. The first kappa shape index (κ1) is 15.7. The van der Waals surface area contributed by atoms with Crippen molar-refractivity contribution in [2.75, 3.05) is 12.4 Å². The zero-order valence-electron chi connectivity index (χ0n) is 13.9. The van der Waals surface area contributed by atoms with Crippen molar-refractivity contribution < 1.29 is 4.79 Å². The molecule has 1 aromatic carbocycles. The molecule has 3 heteroatoms. The molecule has 0 bridgehead atoms. The SMILES string of the molecule is CNc1ccc(-c2cncc3c2CCCC3C)cc1CCC=O. The second kappa shape index (κ2) is 6.95. The molecule has 3 nitrogen and oxygen atoms in total.